The van der Waals surface area contributed by atoms with Crippen molar-refractivity contribution in [2.75, 3.05) is 6.61 Å². The van der Waals surface area contributed by atoms with E-state index in [1.807, 2.05) is 13.8 Å². The second-order valence-electron chi connectivity index (χ2n) is 10.0. The number of carbonyl (C=O) groups excluding carboxylic acids is 1. The van der Waals surface area contributed by atoms with E-state index in [-0.39, 0.29) is 71.1 Å². The molecular formula is C23H26Cl2F5N3O2. The van der Waals surface area contributed by atoms with Gasteiger partial charge in [-0.1, -0.05) is 23.2 Å². The summed E-state index contributed by atoms with van der Waals surface area (Å²) in [4.78, 5) is 16.7. The van der Waals surface area contributed by atoms with E-state index < -0.39 is 29.3 Å². The number of hydrogen-bond donors (Lipinski definition) is 1. The number of fused-ring (bicyclic) bond motifs is 1. The number of nitrogens with one attached hydrogen (secondary N) is 1. The highest BCUT2D eigenvalue weighted by molar-refractivity contribution is 6.43. The first-order valence-corrected chi connectivity index (χ1v) is 12.2. The van der Waals surface area contributed by atoms with Crippen LogP contribution in [0.1, 0.15) is 74.1 Å². The predicted molar refractivity (Wildman–Crippen MR) is 121 cm³/mol. The topological polar surface area (TPSA) is 55.6 Å². The van der Waals surface area contributed by atoms with Gasteiger partial charge in [-0.15, -0.1) is 0 Å². The van der Waals surface area contributed by atoms with Crippen molar-refractivity contribution < 1.29 is 31.5 Å². The smallest absolute Gasteiger partial charge is 0.375 e. The molecule has 2 aromatic rings. The van der Waals surface area contributed by atoms with E-state index in [9.17, 15) is 26.7 Å². The Balaban J connectivity index is 1.68. The molecule has 1 saturated heterocycles. The summed E-state index contributed by atoms with van der Waals surface area (Å²) in [5.74, 6) is -3.76. The van der Waals surface area contributed by atoms with Crippen LogP contribution in [-0.2, 0) is 17.3 Å². The second kappa shape index (κ2) is 9.34. The standard InChI is InChI=1S/C23H26Cl2F5N3O2/c1-21(2)11-13(5-8-35-21)31-20(34)14-10-16-32-18(23(28,29)30)15(33(16)19(25)17(14)24)9-12-3-6-22(26,27)7-4-12/h10,12-13H,3-9,11H2,1-2H3,(H,31,34). The molecule has 0 spiro atoms. The second-order valence-corrected chi connectivity index (χ2v) is 10.8. The van der Waals surface area contributed by atoms with Gasteiger partial charge in [0.25, 0.3) is 5.91 Å². The zero-order chi connectivity index (χ0) is 25.8. The van der Waals surface area contributed by atoms with E-state index in [0.29, 0.717) is 19.4 Å². The molecular weight excluding hydrogens is 516 g/mol. The molecule has 2 fully saturated rings. The number of amides is 1. The lowest BCUT2D eigenvalue weighted by Gasteiger charge is -2.35. The molecule has 0 aromatic carbocycles. The van der Waals surface area contributed by atoms with Crippen LogP contribution in [0.5, 0.6) is 0 Å². The number of nitrogens with zero attached hydrogens (tertiary/aromatic N) is 2. The SMILES string of the molecule is CC1(C)CC(NC(=O)c2cc3nc(C(F)(F)F)c(CC4CCC(F)(F)CC4)n3c(Cl)c2Cl)CCO1. The Morgan fingerprint density at radius 2 is 1.89 bits per heavy atom. The van der Waals surface area contributed by atoms with Crippen LogP contribution >= 0.6 is 23.2 Å². The van der Waals surface area contributed by atoms with Gasteiger partial charge in [-0.05, 0) is 57.9 Å². The fourth-order valence-electron chi connectivity index (χ4n) is 4.97. The van der Waals surface area contributed by atoms with Crippen molar-refractivity contribution in [1.82, 2.24) is 14.7 Å². The summed E-state index contributed by atoms with van der Waals surface area (Å²) < 4.78 is 75.4. The molecule has 194 valence electrons. The van der Waals surface area contributed by atoms with Crippen LogP contribution < -0.4 is 5.32 Å². The number of imidazole rings is 1. The zero-order valence-corrected chi connectivity index (χ0v) is 20.8. The Morgan fingerprint density at radius 1 is 1.23 bits per heavy atom. The maximum Gasteiger partial charge on any atom is 0.435 e. The quantitative estimate of drug-likeness (QED) is 0.345. The van der Waals surface area contributed by atoms with Gasteiger partial charge in [0.05, 0.1) is 21.9 Å². The van der Waals surface area contributed by atoms with Crippen LogP contribution in [0.25, 0.3) is 5.65 Å². The monoisotopic (exact) mass is 541 g/mol. The van der Waals surface area contributed by atoms with Crippen LogP contribution in [0.4, 0.5) is 22.0 Å². The van der Waals surface area contributed by atoms with Crippen LogP contribution in [0.2, 0.25) is 10.2 Å². The summed E-state index contributed by atoms with van der Waals surface area (Å²) in [6, 6.07) is 0.977. The van der Waals surface area contributed by atoms with Crippen molar-refractivity contribution in [2.24, 2.45) is 5.92 Å². The lowest BCUT2D eigenvalue weighted by Crippen LogP contribution is -2.45. The van der Waals surface area contributed by atoms with Crippen molar-refractivity contribution in [3.8, 4) is 0 Å². The molecule has 2 aromatic heterocycles. The fourth-order valence-corrected chi connectivity index (χ4v) is 5.48. The van der Waals surface area contributed by atoms with Crippen molar-refractivity contribution >= 4 is 34.8 Å². The Bertz CT molecular complexity index is 1120. The first-order chi connectivity index (χ1) is 16.2. The highest BCUT2D eigenvalue weighted by Gasteiger charge is 2.41. The molecule has 1 amide bonds. The molecule has 1 aliphatic carbocycles. The van der Waals surface area contributed by atoms with E-state index in [1.54, 1.807) is 0 Å². The Labute approximate surface area is 209 Å². The van der Waals surface area contributed by atoms with Crippen molar-refractivity contribution in [1.29, 1.82) is 0 Å². The van der Waals surface area contributed by atoms with Crippen LogP contribution in [-0.4, -0.2) is 39.5 Å². The zero-order valence-electron chi connectivity index (χ0n) is 19.2. The van der Waals surface area contributed by atoms with Gasteiger partial charge in [-0.2, -0.15) is 13.2 Å². The lowest BCUT2D eigenvalue weighted by molar-refractivity contribution is -0.141. The van der Waals surface area contributed by atoms with E-state index >= 15 is 0 Å². The number of rotatable bonds is 4. The van der Waals surface area contributed by atoms with Gasteiger partial charge in [0.2, 0.25) is 5.92 Å². The van der Waals surface area contributed by atoms with Crippen molar-refractivity contribution in [2.45, 2.75) is 82.5 Å². The average Bonchev–Trinajstić information content (AvgIpc) is 3.10. The normalized spacial score (nSPS) is 22.9. The molecule has 0 bridgehead atoms. The first-order valence-electron chi connectivity index (χ1n) is 11.5. The average molecular weight is 542 g/mol. The fraction of sp³-hybridized carbons (Fsp3) is 0.652. The minimum absolute atomic E-state index is 0.0870. The van der Waals surface area contributed by atoms with Gasteiger partial charge in [-0.3, -0.25) is 9.20 Å². The number of halogens is 7. The van der Waals surface area contributed by atoms with Gasteiger partial charge >= 0.3 is 6.18 Å². The third-order valence-corrected chi connectivity index (χ3v) is 7.59. The number of aromatic nitrogens is 2. The molecule has 35 heavy (non-hydrogen) atoms. The van der Waals surface area contributed by atoms with Crippen LogP contribution in [0, 0.1) is 5.92 Å². The number of carbonyl (C=O) groups is 1. The molecule has 1 N–H and O–H groups in total. The minimum Gasteiger partial charge on any atom is -0.375 e. The molecule has 12 heteroatoms. The third-order valence-electron chi connectivity index (χ3n) is 6.75. The summed E-state index contributed by atoms with van der Waals surface area (Å²) in [5, 5.41) is 2.38. The maximum atomic E-state index is 13.9. The van der Waals surface area contributed by atoms with Crippen LogP contribution in [0.15, 0.2) is 6.07 Å². The largest absolute Gasteiger partial charge is 0.435 e. The van der Waals surface area contributed by atoms with E-state index in [1.165, 1.54) is 6.07 Å². The lowest BCUT2D eigenvalue weighted by atomic mass is 9.83. The summed E-state index contributed by atoms with van der Waals surface area (Å²) in [7, 11) is 0. The molecule has 1 unspecified atom stereocenters. The van der Waals surface area contributed by atoms with E-state index in [4.69, 9.17) is 27.9 Å². The first kappa shape index (κ1) is 26.4. The highest BCUT2D eigenvalue weighted by atomic mass is 35.5. The summed E-state index contributed by atoms with van der Waals surface area (Å²) >= 11 is 12.8. The number of ether oxygens (including phenoxy) is 1. The number of hydrogen-bond acceptors (Lipinski definition) is 3. The van der Waals surface area contributed by atoms with Gasteiger partial charge < -0.3 is 10.1 Å². The summed E-state index contributed by atoms with van der Waals surface area (Å²) in [6.45, 7) is 4.26. The van der Waals surface area contributed by atoms with Gasteiger partial charge in [-0.25, -0.2) is 13.8 Å². The van der Waals surface area contributed by atoms with E-state index in [2.05, 4.69) is 10.3 Å². The Kier molecular flexibility index (Phi) is 7.05. The van der Waals surface area contributed by atoms with Gasteiger partial charge in [0.1, 0.15) is 10.8 Å². The minimum atomic E-state index is -4.80. The number of alkyl halides is 5. The summed E-state index contributed by atoms with van der Waals surface area (Å²) in [6.07, 6.45) is -4.38. The van der Waals surface area contributed by atoms with Crippen molar-refractivity contribution in [3.05, 3.63) is 33.2 Å². The molecule has 1 atom stereocenters. The van der Waals surface area contributed by atoms with Crippen molar-refractivity contribution in [3.63, 3.8) is 0 Å². The molecule has 1 aliphatic heterocycles. The molecule has 5 nitrogen and oxygen atoms in total. The van der Waals surface area contributed by atoms with Gasteiger partial charge in [0.15, 0.2) is 5.69 Å². The maximum absolute atomic E-state index is 13.9. The molecule has 0 radical (unpaired) electrons. The van der Waals surface area contributed by atoms with Gasteiger partial charge in [0, 0.05) is 25.5 Å². The Morgan fingerprint density at radius 3 is 2.49 bits per heavy atom. The Hall–Kier alpha value is -1.65. The highest BCUT2D eigenvalue weighted by Crippen LogP contribution is 2.41. The molecule has 3 heterocycles. The predicted octanol–water partition coefficient (Wildman–Crippen LogP) is 6.72. The third kappa shape index (κ3) is 5.69. The molecule has 1 saturated carbocycles. The molecule has 4 rings (SSSR count). The van der Waals surface area contributed by atoms with Crippen LogP contribution in [0.3, 0.4) is 0 Å². The number of pyridine rings is 1. The molecule has 2 aliphatic rings. The van der Waals surface area contributed by atoms with E-state index in [0.717, 1.165) is 4.40 Å². The summed E-state index contributed by atoms with van der Waals surface area (Å²) in [5.41, 5.74) is -2.09.